The van der Waals surface area contributed by atoms with Crippen LogP contribution in [0.5, 0.6) is 0 Å². The van der Waals surface area contributed by atoms with Crippen molar-refractivity contribution in [3.63, 3.8) is 0 Å². The molecule has 0 spiro atoms. The predicted octanol–water partition coefficient (Wildman–Crippen LogP) is 5.32. The number of nitro benzene ring substituents is 1. The molecule has 12 heteroatoms. The molecule has 33 heavy (non-hydrogen) atoms. The van der Waals surface area contributed by atoms with Crippen LogP contribution < -0.4 is 5.32 Å². The zero-order valence-corrected chi connectivity index (χ0v) is 18.5. The quantitative estimate of drug-likeness (QED) is 0.266. The van der Waals surface area contributed by atoms with Gasteiger partial charge in [0.25, 0.3) is 5.69 Å². The van der Waals surface area contributed by atoms with E-state index in [-0.39, 0.29) is 5.75 Å². The summed E-state index contributed by atoms with van der Waals surface area (Å²) in [6.07, 6.45) is -4.08. The second-order valence-electron chi connectivity index (χ2n) is 7.15. The minimum Gasteiger partial charge on any atom is -0.325 e. The maximum atomic E-state index is 13.3. The zero-order chi connectivity index (χ0) is 24.2. The monoisotopic (exact) mass is 479 g/mol. The van der Waals surface area contributed by atoms with Crippen LogP contribution in [0.2, 0.25) is 0 Å². The molecule has 0 fully saturated rings. The number of anilines is 1. The third-order valence-corrected chi connectivity index (χ3v) is 5.53. The number of non-ortho nitro benzene ring substituents is 1. The Morgan fingerprint density at radius 2 is 1.97 bits per heavy atom. The van der Waals surface area contributed by atoms with E-state index in [2.05, 4.69) is 15.5 Å². The lowest BCUT2D eigenvalue weighted by atomic mass is 10.1. The van der Waals surface area contributed by atoms with Gasteiger partial charge < -0.3 is 9.88 Å². The molecule has 8 nitrogen and oxygen atoms in total. The Balaban J connectivity index is 1.77. The standard InChI is InChI=1S/C21H20F3N5O3S/c1-3-9-28-19(14-6-4-5-13(2)10-14)26-27-20(28)33-12-18(30)25-17-8-7-15(29(31)32)11-16(17)21(22,23)24/h4-8,10-11H,3,9,12H2,1-2H3,(H,25,30). The van der Waals surface area contributed by atoms with Crippen LogP contribution in [0.4, 0.5) is 24.5 Å². The molecule has 0 radical (unpaired) electrons. The fourth-order valence-corrected chi connectivity index (χ4v) is 3.89. The van der Waals surface area contributed by atoms with Crippen LogP contribution in [0.3, 0.4) is 0 Å². The first kappa shape index (κ1) is 24.2. The molecule has 3 rings (SSSR count). The number of carbonyl (C=O) groups is 1. The lowest BCUT2D eigenvalue weighted by Gasteiger charge is -2.13. The van der Waals surface area contributed by atoms with E-state index >= 15 is 0 Å². The number of carbonyl (C=O) groups excluding carboxylic acids is 1. The molecule has 0 aliphatic carbocycles. The average molecular weight is 479 g/mol. The first-order chi connectivity index (χ1) is 15.6. The molecule has 0 aliphatic rings. The van der Waals surface area contributed by atoms with Gasteiger partial charge >= 0.3 is 6.18 Å². The summed E-state index contributed by atoms with van der Waals surface area (Å²) in [6, 6.07) is 9.90. The second kappa shape index (κ2) is 10.0. The summed E-state index contributed by atoms with van der Waals surface area (Å²) in [5.41, 5.74) is -0.630. The molecular weight excluding hydrogens is 459 g/mol. The lowest BCUT2D eigenvalue weighted by Crippen LogP contribution is -2.18. The van der Waals surface area contributed by atoms with E-state index in [9.17, 15) is 28.1 Å². The number of aromatic nitrogens is 3. The van der Waals surface area contributed by atoms with Gasteiger partial charge in [0.2, 0.25) is 5.91 Å². The Morgan fingerprint density at radius 1 is 1.21 bits per heavy atom. The van der Waals surface area contributed by atoms with Crippen LogP contribution in [0, 0.1) is 17.0 Å². The first-order valence-corrected chi connectivity index (χ1v) is 10.9. The molecule has 1 aromatic heterocycles. The summed E-state index contributed by atoms with van der Waals surface area (Å²) in [4.78, 5) is 22.3. The molecule has 1 heterocycles. The molecule has 2 aromatic carbocycles. The number of alkyl halides is 3. The van der Waals surface area contributed by atoms with Crippen LogP contribution in [-0.2, 0) is 17.5 Å². The number of hydrogen-bond donors (Lipinski definition) is 1. The highest BCUT2D eigenvalue weighted by molar-refractivity contribution is 7.99. The van der Waals surface area contributed by atoms with Crippen LogP contribution in [0.1, 0.15) is 24.5 Å². The second-order valence-corrected chi connectivity index (χ2v) is 8.09. The molecule has 0 saturated heterocycles. The molecule has 174 valence electrons. The Labute approximate surface area is 191 Å². The highest BCUT2D eigenvalue weighted by Gasteiger charge is 2.35. The van der Waals surface area contributed by atoms with Crippen molar-refractivity contribution in [2.24, 2.45) is 0 Å². The first-order valence-electron chi connectivity index (χ1n) is 9.88. The van der Waals surface area contributed by atoms with Gasteiger partial charge in [0.15, 0.2) is 11.0 Å². The van der Waals surface area contributed by atoms with Gasteiger partial charge in [0, 0.05) is 24.2 Å². The van der Waals surface area contributed by atoms with Crippen LogP contribution in [0.15, 0.2) is 47.6 Å². The summed E-state index contributed by atoms with van der Waals surface area (Å²) in [5, 5.41) is 21.8. The Kier molecular flexibility index (Phi) is 7.36. The predicted molar refractivity (Wildman–Crippen MR) is 118 cm³/mol. The number of nitro groups is 1. The third kappa shape index (κ3) is 5.89. The van der Waals surface area contributed by atoms with Crippen molar-refractivity contribution in [1.82, 2.24) is 14.8 Å². The van der Waals surface area contributed by atoms with Crippen molar-refractivity contribution in [3.05, 3.63) is 63.7 Å². The molecule has 1 N–H and O–H groups in total. The topological polar surface area (TPSA) is 103 Å². The van der Waals surface area contributed by atoms with Crippen molar-refractivity contribution in [3.8, 4) is 11.4 Å². The largest absolute Gasteiger partial charge is 0.418 e. The van der Waals surface area contributed by atoms with E-state index in [1.807, 2.05) is 42.7 Å². The summed E-state index contributed by atoms with van der Waals surface area (Å²) in [6.45, 7) is 4.53. The molecule has 1 amide bonds. The van der Waals surface area contributed by atoms with Gasteiger partial charge in [0.05, 0.1) is 21.9 Å². The lowest BCUT2D eigenvalue weighted by molar-refractivity contribution is -0.385. The van der Waals surface area contributed by atoms with Gasteiger partial charge in [-0.05, 0) is 25.5 Å². The van der Waals surface area contributed by atoms with Gasteiger partial charge in [-0.25, -0.2) is 0 Å². The van der Waals surface area contributed by atoms with E-state index in [4.69, 9.17) is 0 Å². The van der Waals surface area contributed by atoms with Crippen molar-refractivity contribution < 1.29 is 22.9 Å². The summed E-state index contributed by atoms with van der Waals surface area (Å²) in [5.74, 6) is -0.287. The maximum Gasteiger partial charge on any atom is 0.418 e. The van der Waals surface area contributed by atoms with Gasteiger partial charge in [-0.15, -0.1) is 10.2 Å². The fourth-order valence-electron chi connectivity index (χ4n) is 3.12. The molecule has 0 saturated carbocycles. The number of nitrogens with zero attached hydrogens (tertiary/aromatic N) is 4. The van der Waals surface area contributed by atoms with Gasteiger partial charge in [-0.3, -0.25) is 14.9 Å². The van der Waals surface area contributed by atoms with Crippen LogP contribution in [0.25, 0.3) is 11.4 Å². The number of benzene rings is 2. The third-order valence-electron chi connectivity index (χ3n) is 4.57. The molecule has 0 aliphatic heterocycles. The fraction of sp³-hybridized carbons (Fsp3) is 0.286. The van der Waals surface area contributed by atoms with Crippen molar-refractivity contribution in [1.29, 1.82) is 0 Å². The minimum atomic E-state index is -4.87. The molecule has 0 atom stereocenters. The van der Waals surface area contributed by atoms with Gasteiger partial charge in [-0.2, -0.15) is 13.2 Å². The minimum absolute atomic E-state index is 0.218. The Hall–Kier alpha value is -3.41. The summed E-state index contributed by atoms with van der Waals surface area (Å²) in [7, 11) is 0. The molecule has 3 aromatic rings. The van der Waals surface area contributed by atoms with Crippen LogP contribution >= 0.6 is 11.8 Å². The number of thioether (sulfide) groups is 1. The maximum absolute atomic E-state index is 13.3. The highest BCUT2D eigenvalue weighted by atomic mass is 32.2. The SMILES string of the molecule is CCCn1c(SCC(=O)Nc2ccc([N+](=O)[O-])cc2C(F)(F)F)nnc1-c1cccc(C)c1. The number of nitrogens with one attached hydrogen (secondary N) is 1. The molecule has 0 bridgehead atoms. The van der Waals surface area contributed by atoms with E-state index in [0.29, 0.717) is 23.6 Å². The van der Waals surface area contributed by atoms with E-state index in [0.717, 1.165) is 41.4 Å². The van der Waals surface area contributed by atoms with Crippen LogP contribution in [-0.4, -0.2) is 31.3 Å². The van der Waals surface area contributed by atoms with E-state index in [1.165, 1.54) is 0 Å². The van der Waals surface area contributed by atoms with Gasteiger partial charge in [0.1, 0.15) is 0 Å². The number of hydrogen-bond acceptors (Lipinski definition) is 6. The summed E-state index contributed by atoms with van der Waals surface area (Å²) >= 11 is 1.04. The van der Waals surface area contributed by atoms with Crippen molar-refractivity contribution >= 4 is 29.0 Å². The zero-order valence-electron chi connectivity index (χ0n) is 17.7. The van der Waals surface area contributed by atoms with Crippen molar-refractivity contribution in [2.75, 3.05) is 11.1 Å². The molecular formula is C21H20F3N5O3S. The Morgan fingerprint density at radius 3 is 2.61 bits per heavy atom. The van der Waals surface area contributed by atoms with E-state index < -0.39 is 33.9 Å². The molecule has 0 unspecified atom stereocenters. The highest BCUT2D eigenvalue weighted by Crippen LogP contribution is 2.37. The number of aryl methyl sites for hydroxylation is 1. The normalized spacial score (nSPS) is 11.4. The number of halogens is 3. The smallest absolute Gasteiger partial charge is 0.325 e. The number of amides is 1. The Bertz CT molecular complexity index is 1180. The number of rotatable bonds is 8. The summed E-state index contributed by atoms with van der Waals surface area (Å²) < 4.78 is 41.8. The van der Waals surface area contributed by atoms with Crippen molar-refractivity contribution in [2.45, 2.75) is 38.1 Å². The van der Waals surface area contributed by atoms with Gasteiger partial charge in [-0.1, -0.05) is 42.4 Å². The average Bonchev–Trinajstić information content (AvgIpc) is 3.14. The van der Waals surface area contributed by atoms with E-state index in [1.54, 1.807) is 0 Å².